The van der Waals surface area contributed by atoms with Gasteiger partial charge in [0.1, 0.15) is 54.9 Å². The maximum Gasteiger partial charge on any atom is 0.190 e. The van der Waals surface area contributed by atoms with Crippen molar-refractivity contribution in [3.05, 3.63) is 12.7 Å². The first kappa shape index (κ1) is 29.0. The molecule has 0 aromatic rings. The predicted octanol–water partition coefficient (Wildman–Crippen LogP) is 1.16. The van der Waals surface area contributed by atoms with Crippen molar-refractivity contribution >= 4 is 6.29 Å². The van der Waals surface area contributed by atoms with Crippen LogP contribution in [0.2, 0.25) is 0 Å². The van der Waals surface area contributed by atoms with Crippen molar-refractivity contribution in [2.75, 3.05) is 19.8 Å². The summed E-state index contributed by atoms with van der Waals surface area (Å²) in [6.07, 6.45) is -4.62. The first-order chi connectivity index (χ1) is 18.9. The van der Waals surface area contributed by atoms with E-state index in [4.69, 9.17) is 56.8 Å². The third-order valence-electron chi connectivity index (χ3n) is 7.65. The van der Waals surface area contributed by atoms with E-state index in [0.717, 1.165) is 0 Å². The van der Waals surface area contributed by atoms with E-state index in [0.29, 0.717) is 12.9 Å². The van der Waals surface area contributed by atoms with Crippen molar-refractivity contribution < 1.29 is 61.6 Å². The van der Waals surface area contributed by atoms with Crippen LogP contribution in [0.3, 0.4) is 0 Å². The van der Waals surface area contributed by atoms with Gasteiger partial charge in [0, 0.05) is 0 Å². The van der Waals surface area contributed by atoms with Crippen LogP contribution in [-0.2, 0) is 61.6 Å². The van der Waals surface area contributed by atoms with Gasteiger partial charge in [-0.05, 0) is 41.5 Å². The van der Waals surface area contributed by atoms with Crippen LogP contribution >= 0.6 is 0 Å². The van der Waals surface area contributed by atoms with E-state index in [1.807, 2.05) is 27.7 Å². The van der Waals surface area contributed by atoms with Crippen LogP contribution in [0.5, 0.6) is 0 Å². The zero-order valence-corrected chi connectivity index (χ0v) is 23.7. The Kier molecular flexibility index (Phi) is 7.68. The molecule has 6 fully saturated rings. The molecule has 6 aliphatic heterocycles. The Hall–Kier alpha value is -1.07. The molecule has 13 nitrogen and oxygen atoms in total. The summed E-state index contributed by atoms with van der Waals surface area (Å²) in [6.45, 7) is 15.2. The Balaban J connectivity index is 1.13. The molecule has 0 spiro atoms. The lowest BCUT2D eigenvalue weighted by Crippen LogP contribution is -2.45. The maximum absolute atomic E-state index is 11.7. The monoisotopic (exact) mass is 572 g/mol. The fourth-order valence-electron chi connectivity index (χ4n) is 6.16. The highest BCUT2D eigenvalue weighted by atomic mass is 16.9. The van der Waals surface area contributed by atoms with Crippen molar-refractivity contribution in [2.45, 2.75) is 133 Å². The number of hydrogen-bond donors (Lipinski definition) is 0. The minimum Gasteiger partial charge on any atom is -0.370 e. The van der Waals surface area contributed by atoms with E-state index in [2.05, 4.69) is 6.58 Å². The van der Waals surface area contributed by atoms with E-state index in [9.17, 15) is 4.79 Å². The highest BCUT2D eigenvalue weighted by Gasteiger charge is 2.60. The van der Waals surface area contributed by atoms with E-state index in [1.54, 1.807) is 19.9 Å². The molecule has 0 saturated carbocycles. The minimum atomic E-state index is -0.850. The van der Waals surface area contributed by atoms with Crippen LogP contribution in [0.15, 0.2) is 12.7 Å². The lowest BCUT2D eigenvalue weighted by atomic mass is 10.1. The Bertz CT molecular complexity index is 955. The number of rotatable bonds is 10. The fourth-order valence-corrected chi connectivity index (χ4v) is 6.16. The van der Waals surface area contributed by atoms with Crippen LogP contribution in [0, 0.1) is 0 Å². The van der Waals surface area contributed by atoms with Gasteiger partial charge in [0.05, 0.1) is 19.8 Å². The average Bonchev–Trinajstić information content (AvgIpc) is 3.63. The van der Waals surface area contributed by atoms with E-state index < -0.39 is 91.2 Å². The second kappa shape index (κ2) is 10.6. The summed E-state index contributed by atoms with van der Waals surface area (Å²) in [5, 5.41) is 0. The van der Waals surface area contributed by atoms with Crippen molar-refractivity contribution in [3.8, 4) is 0 Å². The van der Waals surface area contributed by atoms with Gasteiger partial charge in [-0.2, -0.15) is 0 Å². The Morgan fingerprint density at radius 1 is 0.625 bits per heavy atom. The second-order valence-electron chi connectivity index (χ2n) is 12.2. The van der Waals surface area contributed by atoms with E-state index in [-0.39, 0.29) is 13.2 Å². The molecule has 0 N–H and O–H groups in total. The number of aldehydes is 1. The van der Waals surface area contributed by atoms with Crippen LogP contribution < -0.4 is 0 Å². The van der Waals surface area contributed by atoms with Gasteiger partial charge >= 0.3 is 0 Å². The highest BCUT2D eigenvalue weighted by molar-refractivity contribution is 5.58. The minimum absolute atomic E-state index is 0.0732. The van der Waals surface area contributed by atoms with E-state index in [1.165, 1.54) is 0 Å². The van der Waals surface area contributed by atoms with Gasteiger partial charge in [0.25, 0.3) is 0 Å². The number of ether oxygens (including phenoxy) is 12. The molecule has 40 heavy (non-hydrogen) atoms. The summed E-state index contributed by atoms with van der Waals surface area (Å²) in [5.41, 5.74) is 0. The third-order valence-corrected chi connectivity index (χ3v) is 7.65. The van der Waals surface area contributed by atoms with Gasteiger partial charge in [0.2, 0.25) is 0 Å². The average molecular weight is 573 g/mol. The summed E-state index contributed by atoms with van der Waals surface area (Å²) in [7, 11) is 0. The first-order valence-corrected chi connectivity index (χ1v) is 13.8. The number of fused-ring (bicyclic) bond motifs is 3. The molecule has 0 aromatic heterocycles. The van der Waals surface area contributed by atoms with Crippen molar-refractivity contribution in [2.24, 2.45) is 0 Å². The molecule has 226 valence electrons. The maximum atomic E-state index is 11.7. The lowest BCUT2D eigenvalue weighted by Gasteiger charge is -2.30. The van der Waals surface area contributed by atoms with Crippen LogP contribution in [0.4, 0.5) is 0 Å². The number of carbonyl (C=O) groups is 1. The molecule has 0 aliphatic carbocycles. The molecule has 0 bridgehead atoms. The van der Waals surface area contributed by atoms with Gasteiger partial charge in [0.15, 0.2) is 42.5 Å². The number of hydrogen-bond acceptors (Lipinski definition) is 13. The normalized spacial score (nSPS) is 47.8. The molecule has 13 heteroatoms. The highest BCUT2D eigenvalue weighted by Crippen LogP contribution is 2.43. The summed E-state index contributed by atoms with van der Waals surface area (Å²) >= 11 is 0. The summed E-state index contributed by atoms with van der Waals surface area (Å²) in [5.74, 6) is -2.47. The molecule has 0 unspecified atom stereocenters. The molecular weight excluding hydrogens is 532 g/mol. The summed E-state index contributed by atoms with van der Waals surface area (Å²) < 4.78 is 72.5. The molecule has 12 atom stereocenters. The molecule has 6 saturated heterocycles. The van der Waals surface area contributed by atoms with Crippen molar-refractivity contribution in [1.29, 1.82) is 0 Å². The molecule has 6 heterocycles. The number of carbonyl (C=O) groups excluding carboxylic acids is 1. The lowest BCUT2D eigenvalue weighted by molar-refractivity contribution is -0.240. The van der Waals surface area contributed by atoms with Crippen molar-refractivity contribution in [1.82, 2.24) is 0 Å². The topological polar surface area (TPSA) is 128 Å². The zero-order chi connectivity index (χ0) is 28.4. The van der Waals surface area contributed by atoms with Crippen LogP contribution in [0.1, 0.15) is 41.5 Å². The molecule has 6 aliphatic rings. The van der Waals surface area contributed by atoms with Crippen LogP contribution in [-0.4, -0.2) is 117 Å². The van der Waals surface area contributed by atoms with Crippen molar-refractivity contribution in [3.63, 3.8) is 0 Å². The Morgan fingerprint density at radius 3 is 1.52 bits per heavy atom. The van der Waals surface area contributed by atoms with Crippen LogP contribution in [0.25, 0.3) is 0 Å². The molecule has 6 rings (SSSR count). The molecule has 0 radical (unpaired) electrons. The van der Waals surface area contributed by atoms with Gasteiger partial charge in [-0.25, -0.2) is 0 Å². The Labute approximate surface area is 233 Å². The summed E-state index contributed by atoms with van der Waals surface area (Å²) in [6, 6.07) is 0. The zero-order valence-electron chi connectivity index (χ0n) is 23.7. The second-order valence-corrected chi connectivity index (χ2v) is 12.2. The van der Waals surface area contributed by atoms with Gasteiger partial charge < -0.3 is 61.6 Å². The quantitative estimate of drug-likeness (QED) is 0.275. The SMILES string of the molecule is C=CCO[C@@H]1[C@H]2OC(C)(C)O[C@H]2O[C@@H]1CO[C@@H]1[C@H]2OC(C)(C)O[C@H]2O[C@@H]1CO[C@@H]1[C@H]2OC(C)(C)O[C@H]2O[C@@H]1C=O. The third kappa shape index (κ3) is 5.52. The fraction of sp³-hybridized carbons (Fsp3) is 0.889. The van der Waals surface area contributed by atoms with Gasteiger partial charge in [-0.1, -0.05) is 6.08 Å². The predicted molar refractivity (Wildman–Crippen MR) is 132 cm³/mol. The molecule has 0 amide bonds. The first-order valence-electron chi connectivity index (χ1n) is 13.8. The molecule has 0 aromatic carbocycles. The Morgan fingerprint density at radius 2 is 1.05 bits per heavy atom. The van der Waals surface area contributed by atoms with Gasteiger partial charge in [-0.3, -0.25) is 0 Å². The summed E-state index contributed by atoms with van der Waals surface area (Å²) in [4.78, 5) is 11.7. The molecular formula is C27H40O13. The standard InChI is InChI=1S/C27H40O13/c1-8-9-29-17-14(33-23-20(17)36-26(4,5)39-23)11-31-18-15(34-24-21(18)37-27(6,7)40-24)12-30-16-13(10-28)32-22-19(16)35-25(2,3)38-22/h8,10,13-24H,1,9,11-12H2,2-7H3/t13-,14-,15-,16+,17+,18+,19-,20-,21-,22-,23-,24-/m1/s1. The largest absolute Gasteiger partial charge is 0.370 e. The van der Waals surface area contributed by atoms with E-state index >= 15 is 0 Å². The smallest absolute Gasteiger partial charge is 0.190 e. The van der Waals surface area contributed by atoms with Gasteiger partial charge in [-0.15, -0.1) is 6.58 Å².